The molecule has 0 N–H and O–H groups in total. The summed E-state index contributed by atoms with van der Waals surface area (Å²) in [5, 5.41) is 13.3. The molecule has 8 nitrogen and oxygen atoms in total. The van der Waals surface area contributed by atoms with Crippen LogP contribution in [-0.4, -0.2) is 25.8 Å². The number of nitro groups is 1. The fraction of sp³-hybridized carbons (Fsp3) is 0.333. The van der Waals surface area contributed by atoms with Gasteiger partial charge in [0.15, 0.2) is 10.2 Å². The normalized spacial score (nSPS) is 13.3. The molecule has 1 unspecified atom stereocenters. The Hall–Kier alpha value is -1.71. The summed E-state index contributed by atoms with van der Waals surface area (Å²) in [6, 6.07) is 3.45. The van der Waals surface area contributed by atoms with E-state index in [1.54, 1.807) is 35.3 Å². The number of aromatic nitrogens is 3. The van der Waals surface area contributed by atoms with Crippen LogP contribution in [0.5, 0.6) is 0 Å². The van der Waals surface area contributed by atoms with E-state index in [2.05, 4.69) is 26.0 Å². The Morgan fingerprint density at radius 2 is 2.32 bits per heavy atom. The average Bonchev–Trinajstić information content (AvgIpc) is 2.84. The fourth-order valence-electron chi connectivity index (χ4n) is 1.81. The van der Waals surface area contributed by atoms with E-state index >= 15 is 0 Å². The molecule has 1 atom stereocenters. The average molecular weight is 391 g/mol. The van der Waals surface area contributed by atoms with Crippen LogP contribution in [0.2, 0.25) is 5.15 Å². The first-order valence-corrected chi connectivity index (χ1v) is 7.63. The molecule has 0 aliphatic heterocycles. The van der Waals surface area contributed by atoms with Gasteiger partial charge in [0.05, 0.1) is 6.54 Å². The molecule has 10 heteroatoms. The van der Waals surface area contributed by atoms with Crippen molar-refractivity contribution in [3.05, 3.63) is 57.2 Å². The van der Waals surface area contributed by atoms with Gasteiger partial charge < -0.3 is 9.30 Å². The molecule has 22 heavy (non-hydrogen) atoms. The predicted molar refractivity (Wildman–Crippen MR) is 82.9 cm³/mol. The summed E-state index contributed by atoms with van der Waals surface area (Å²) in [6.45, 7) is 2.65. The molecule has 0 fully saturated rings. The molecule has 0 spiro atoms. The summed E-state index contributed by atoms with van der Waals surface area (Å²) in [5.41, 5.74) is 0.991. The van der Waals surface area contributed by atoms with E-state index in [0.717, 1.165) is 5.56 Å². The fourth-order valence-corrected chi connectivity index (χ4v) is 2.51. The molecule has 2 aromatic heterocycles. The van der Waals surface area contributed by atoms with E-state index in [1.807, 2.05) is 6.92 Å². The maximum Gasteiger partial charge on any atom is 0.285 e. The molecule has 0 aliphatic carbocycles. The summed E-state index contributed by atoms with van der Waals surface area (Å²) >= 11 is 9.05. The lowest BCUT2D eigenvalue weighted by Crippen LogP contribution is -2.29. The van der Waals surface area contributed by atoms with Crippen LogP contribution >= 0.6 is 27.5 Å². The van der Waals surface area contributed by atoms with Crippen molar-refractivity contribution >= 4 is 27.5 Å². The Morgan fingerprint density at radius 1 is 1.55 bits per heavy atom. The third-order valence-electron chi connectivity index (χ3n) is 2.73. The van der Waals surface area contributed by atoms with Crippen molar-refractivity contribution < 1.29 is 9.77 Å². The van der Waals surface area contributed by atoms with Crippen molar-refractivity contribution in [2.75, 3.05) is 6.61 Å². The molecule has 0 bridgehead atoms. The molecule has 0 saturated heterocycles. The highest BCUT2D eigenvalue weighted by atomic mass is 79.9. The van der Waals surface area contributed by atoms with Crippen molar-refractivity contribution in [2.45, 2.75) is 18.6 Å². The van der Waals surface area contributed by atoms with Gasteiger partial charge in [0.2, 0.25) is 0 Å². The third kappa shape index (κ3) is 4.15. The molecule has 0 amide bonds. The van der Waals surface area contributed by atoms with Crippen LogP contribution in [0.15, 0.2) is 35.8 Å². The minimum atomic E-state index is -0.742. The maximum absolute atomic E-state index is 10.8. The number of nitrogens with zero attached hydrogens (tertiary/aromatic N) is 5. The van der Waals surface area contributed by atoms with Gasteiger partial charge in [0.25, 0.3) is 5.62 Å². The van der Waals surface area contributed by atoms with Crippen LogP contribution in [-0.2, 0) is 11.3 Å². The van der Waals surface area contributed by atoms with E-state index in [1.165, 1.54) is 4.57 Å². The second-order valence-corrected chi connectivity index (χ2v) is 5.38. The molecular weight excluding hydrogens is 378 g/mol. The van der Waals surface area contributed by atoms with Gasteiger partial charge in [-0.15, -0.1) is 0 Å². The topological polar surface area (TPSA) is 87.5 Å². The lowest BCUT2D eigenvalue weighted by molar-refractivity contribution is -0.491. The Morgan fingerprint density at radius 3 is 2.91 bits per heavy atom. The quantitative estimate of drug-likeness (QED) is 0.328. The van der Waals surface area contributed by atoms with E-state index in [4.69, 9.17) is 16.3 Å². The number of hydrogen-bond acceptors (Lipinski definition) is 4. The maximum atomic E-state index is 10.8. The lowest BCUT2D eigenvalue weighted by Gasteiger charge is -2.10. The summed E-state index contributed by atoms with van der Waals surface area (Å²) in [7, 11) is 0. The molecular formula is C12H13BrClN5O3. The summed E-state index contributed by atoms with van der Waals surface area (Å²) < 4.78 is 8.53. The number of halogens is 2. The predicted octanol–water partition coefficient (Wildman–Crippen LogP) is 2.37. The Labute approximate surface area is 139 Å². The SMILES string of the molecule is CCOC(Br)n1ccn(Cc2ccc(Cl)nc2)c1=N[N+](=O)[O-]. The van der Waals surface area contributed by atoms with Crippen molar-refractivity contribution in [1.82, 2.24) is 14.1 Å². The molecule has 0 aliphatic rings. The second-order valence-electron chi connectivity index (χ2n) is 4.21. The van der Waals surface area contributed by atoms with Crippen LogP contribution in [0.4, 0.5) is 0 Å². The molecule has 2 rings (SSSR count). The highest BCUT2D eigenvalue weighted by Gasteiger charge is 2.13. The molecule has 118 valence electrons. The van der Waals surface area contributed by atoms with Crippen molar-refractivity contribution in [3.8, 4) is 0 Å². The van der Waals surface area contributed by atoms with E-state index < -0.39 is 10.2 Å². The van der Waals surface area contributed by atoms with Gasteiger partial charge in [-0.2, -0.15) is 0 Å². The van der Waals surface area contributed by atoms with Gasteiger partial charge >= 0.3 is 0 Å². The van der Waals surface area contributed by atoms with Gasteiger partial charge in [-0.3, -0.25) is 4.57 Å². The van der Waals surface area contributed by atoms with Gasteiger partial charge in [0.1, 0.15) is 10.3 Å². The second kappa shape index (κ2) is 7.52. The van der Waals surface area contributed by atoms with Gasteiger partial charge in [-0.25, -0.2) is 15.1 Å². The molecule has 0 saturated carbocycles. The van der Waals surface area contributed by atoms with Crippen LogP contribution < -0.4 is 5.62 Å². The number of rotatable bonds is 6. The van der Waals surface area contributed by atoms with Gasteiger partial charge in [0, 0.05) is 25.2 Å². The zero-order valence-corrected chi connectivity index (χ0v) is 13.9. The third-order valence-corrected chi connectivity index (χ3v) is 3.66. The molecule has 0 aromatic carbocycles. The van der Waals surface area contributed by atoms with Crippen LogP contribution in [0.25, 0.3) is 0 Å². The number of pyridine rings is 1. The Bertz CT molecular complexity index is 712. The number of ether oxygens (including phenoxy) is 1. The smallest absolute Gasteiger partial charge is 0.285 e. The number of alkyl halides is 1. The molecule has 2 aromatic rings. The van der Waals surface area contributed by atoms with Crippen LogP contribution in [0.3, 0.4) is 0 Å². The van der Waals surface area contributed by atoms with Crippen molar-refractivity contribution in [1.29, 1.82) is 0 Å². The number of hydrogen-bond donors (Lipinski definition) is 0. The monoisotopic (exact) mass is 389 g/mol. The van der Waals surface area contributed by atoms with E-state index in [-0.39, 0.29) is 5.62 Å². The Kier molecular flexibility index (Phi) is 5.69. The highest BCUT2D eigenvalue weighted by Crippen LogP contribution is 2.14. The molecule has 0 radical (unpaired) electrons. The van der Waals surface area contributed by atoms with Gasteiger partial charge in [-0.1, -0.05) is 17.7 Å². The largest absolute Gasteiger partial charge is 0.348 e. The highest BCUT2D eigenvalue weighted by molar-refractivity contribution is 9.09. The first-order valence-electron chi connectivity index (χ1n) is 6.33. The molecule has 2 heterocycles. The van der Waals surface area contributed by atoms with Gasteiger partial charge in [-0.05, 0) is 34.5 Å². The minimum Gasteiger partial charge on any atom is -0.348 e. The van der Waals surface area contributed by atoms with Crippen molar-refractivity contribution in [2.24, 2.45) is 5.10 Å². The standard InChI is InChI=1S/C12H13BrClN5O3/c1-2-22-11(13)18-6-5-17(12(18)16-19(20)21)8-9-3-4-10(14)15-7-9/h3-7,11H,2,8H2,1H3. The summed E-state index contributed by atoms with van der Waals surface area (Å²) in [4.78, 5) is 14.8. The van der Waals surface area contributed by atoms with E-state index in [9.17, 15) is 10.1 Å². The first-order chi connectivity index (χ1) is 10.5. The van der Waals surface area contributed by atoms with E-state index in [0.29, 0.717) is 18.3 Å². The minimum absolute atomic E-state index is 0.148. The summed E-state index contributed by atoms with van der Waals surface area (Å²) in [6.07, 6.45) is 4.95. The first kappa shape index (κ1) is 16.7. The van der Waals surface area contributed by atoms with Crippen LogP contribution in [0.1, 0.15) is 17.6 Å². The zero-order chi connectivity index (χ0) is 16.1. The zero-order valence-electron chi connectivity index (χ0n) is 11.6. The van der Waals surface area contributed by atoms with Crippen LogP contribution in [0, 0.1) is 10.1 Å². The lowest BCUT2D eigenvalue weighted by atomic mass is 10.3. The summed E-state index contributed by atoms with van der Waals surface area (Å²) in [5.74, 6) is 0. The Balaban J connectivity index is 2.39. The van der Waals surface area contributed by atoms with Crippen molar-refractivity contribution in [3.63, 3.8) is 0 Å². The number of imidazole rings is 1.